The van der Waals surface area contributed by atoms with Gasteiger partial charge in [0.1, 0.15) is 0 Å². The largest absolute Gasteiger partial charge is 0.465 e. The SMILES string of the molecule is COC(=O)c1cc(C(F)F)c(C#N)cc1C. The Balaban J connectivity index is 3.40. The molecule has 0 aliphatic heterocycles. The number of hydrogen-bond donors (Lipinski definition) is 0. The zero-order valence-corrected chi connectivity index (χ0v) is 8.75. The molecular weight excluding hydrogens is 216 g/mol. The van der Waals surface area contributed by atoms with Crippen LogP contribution in [0, 0.1) is 18.3 Å². The van der Waals surface area contributed by atoms with E-state index in [1.54, 1.807) is 13.0 Å². The molecule has 0 heterocycles. The van der Waals surface area contributed by atoms with Crippen molar-refractivity contribution < 1.29 is 18.3 Å². The highest BCUT2D eigenvalue weighted by Gasteiger charge is 2.18. The second kappa shape index (κ2) is 4.71. The van der Waals surface area contributed by atoms with E-state index >= 15 is 0 Å². The standard InChI is InChI=1S/C11H9F2NO2/c1-6-3-7(5-14)9(10(12)13)4-8(6)11(15)16-2/h3-4,10H,1-2H3. The molecule has 5 heteroatoms. The number of nitrogens with zero attached hydrogens (tertiary/aromatic N) is 1. The number of carbonyl (C=O) groups is 1. The highest BCUT2D eigenvalue weighted by Crippen LogP contribution is 2.26. The number of rotatable bonds is 2. The Labute approximate surface area is 91.3 Å². The van der Waals surface area contributed by atoms with Gasteiger partial charge in [-0.1, -0.05) is 0 Å². The first-order valence-corrected chi connectivity index (χ1v) is 4.42. The number of methoxy groups -OCH3 is 1. The molecule has 0 atom stereocenters. The number of hydrogen-bond acceptors (Lipinski definition) is 3. The fourth-order valence-electron chi connectivity index (χ4n) is 1.33. The van der Waals surface area contributed by atoms with Gasteiger partial charge in [-0.15, -0.1) is 0 Å². The van der Waals surface area contributed by atoms with Crippen LogP contribution in [0.3, 0.4) is 0 Å². The molecule has 1 rings (SSSR count). The molecule has 1 aromatic rings. The summed E-state index contributed by atoms with van der Waals surface area (Å²) in [5.41, 5.74) is -0.0850. The lowest BCUT2D eigenvalue weighted by Gasteiger charge is -2.08. The van der Waals surface area contributed by atoms with Gasteiger partial charge in [0, 0.05) is 5.56 Å². The third-order valence-corrected chi connectivity index (χ3v) is 2.16. The van der Waals surface area contributed by atoms with Gasteiger partial charge >= 0.3 is 5.97 Å². The fourth-order valence-corrected chi connectivity index (χ4v) is 1.33. The summed E-state index contributed by atoms with van der Waals surface area (Å²) < 4.78 is 29.6. The van der Waals surface area contributed by atoms with E-state index in [1.807, 2.05) is 0 Å². The predicted molar refractivity (Wildman–Crippen MR) is 52.2 cm³/mol. The maximum atomic E-state index is 12.6. The van der Waals surface area contributed by atoms with Crippen LogP contribution in [0.15, 0.2) is 12.1 Å². The summed E-state index contributed by atoms with van der Waals surface area (Å²) in [7, 11) is 1.17. The van der Waals surface area contributed by atoms with Crippen molar-refractivity contribution >= 4 is 5.97 Å². The number of benzene rings is 1. The molecule has 84 valence electrons. The lowest BCUT2D eigenvalue weighted by Crippen LogP contribution is -2.06. The molecule has 0 aromatic heterocycles. The second-order valence-electron chi connectivity index (χ2n) is 3.16. The van der Waals surface area contributed by atoms with E-state index in [1.165, 1.54) is 13.2 Å². The highest BCUT2D eigenvalue weighted by molar-refractivity contribution is 5.91. The molecule has 1 aromatic carbocycles. The summed E-state index contributed by atoms with van der Waals surface area (Å²) in [5, 5.41) is 8.68. The lowest BCUT2D eigenvalue weighted by molar-refractivity contribution is 0.0599. The number of halogens is 2. The van der Waals surface area contributed by atoms with Crippen molar-refractivity contribution in [3.63, 3.8) is 0 Å². The van der Waals surface area contributed by atoms with Gasteiger partial charge in [0.15, 0.2) is 0 Å². The zero-order chi connectivity index (χ0) is 12.3. The molecule has 0 unspecified atom stereocenters. The minimum absolute atomic E-state index is 0.0526. The van der Waals surface area contributed by atoms with E-state index in [2.05, 4.69) is 4.74 Å². The maximum absolute atomic E-state index is 12.6. The number of alkyl halides is 2. The summed E-state index contributed by atoms with van der Waals surface area (Å²) in [6.07, 6.45) is -2.79. The van der Waals surface area contributed by atoms with Crippen molar-refractivity contribution in [2.75, 3.05) is 7.11 Å². The van der Waals surface area contributed by atoms with Crippen molar-refractivity contribution in [3.8, 4) is 6.07 Å². The van der Waals surface area contributed by atoms with Crippen LogP contribution >= 0.6 is 0 Å². The fraction of sp³-hybridized carbons (Fsp3) is 0.273. The second-order valence-corrected chi connectivity index (χ2v) is 3.16. The summed E-state index contributed by atoms with van der Waals surface area (Å²) in [4.78, 5) is 11.3. The normalized spacial score (nSPS) is 10.0. The molecule has 0 bridgehead atoms. The van der Waals surface area contributed by atoms with E-state index < -0.39 is 18.0 Å². The first-order chi connectivity index (χ1) is 7.51. The van der Waals surface area contributed by atoms with E-state index in [0.717, 1.165) is 6.07 Å². The number of ether oxygens (including phenoxy) is 1. The van der Waals surface area contributed by atoms with Crippen molar-refractivity contribution in [2.24, 2.45) is 0 Å². The highest BCUT2D eigenvalue weighted by atomic mass is 19.3. The Kier molecular flexibility index (Phi) is 3.56. The van der Waals surface area contributed by atoms with Gasteiger partial charge in [-0.3, -0.25) is 0 Å². The molecule has 0 spiro atoms. The van der Waals surface area contributed by atoms with Crippen molar-refractivity contribution in [3.05, 3.63) is 34.4 Å². The smallest absolute Gasteiger partial charge is 0.338 e. The Morgan fingerprint density at radius 3 is 2.56 bits per heavy atom. The molecule has 0 saturated carbocycles. The molecule has 0 amide bonds. The van der Waals surface area contributed by atoms with E-state index in [0.29, 0.717) is 5.56 Å². The molecule has 0 N–H and O–H groups in total. The van der Waals surface area contributed by atoms with Crippen LogP contribution in [0.25, 0.3) is 0 Å². The van der Waals surface area contributed by atoms with Crippen LogP contribution in [0.4, 0.5) is 8.78 Å². The summed E-state index contributed by atoms with van der Waals surface area (Å²) in [6.45, 7) is 1.56. The van der Waals surface area contributed by atoms with Crippen LogP contribution in [0.2, 0.25) is 0 Å². The predicted octanol–water partition coefficient (Wildman–Crippen LogP) is 2.59. The minimum Gasteiger partial charge on any atom is -0.465 e. The van der Waals surface area contributed by atoms with Gasteiger partial charge in [0.25, 0.3) is 6.43 Å². The van der Waals surface area contributed by atoms with Crippen LogP contribution in [-0.4, -0.2) is 13.1 Å². The van der Waals surface area contributed by atoms with Crippen LogP contribution in [0.5, 0.6) is 0 Å². The molecule has 0 saturated heterocycles. The topological polar surface area (TPSA) is 50.1 Å². The number of carbonyl (C=O) groups excluding carboxylic acids is 1. The Bertz CT molecular complexity index is 464. The molecule has 3 nitrogen and oxygen atoms in total. The van der Waals surface area contributed by atoms with Crippen LogP contribution < -0.4 is 0 Å². The molecule has 16 heavy (non-hydrogen) atoms. The number of esters is 1. The molecular formula is C11H9F2NO2. The monoisotopic (exact) mass is 225 g/mol. The lowest BCUT2D eigenvalue weighted by atomic mass is 10.00. The number of aryl methyl sites for hydroxylation is 1. The van der Waals surface area contributed by atoms with Crippen molar-refractivity contribution in [1.29, 1.82) is 5.26 Å². The molecule has 0 aliphatic rings. The summed E-state index contributed by atoms with van der Waals surface area (Å²) >= 11 is 0. The zero-order valence-electron chi connectivity index (χ0n) is 8.75. The third-order valence-electron chi connectivity index (χ3n) is 2.16. The first kappa shape index (κ1) is 12.1. The van der Waals surface area contributed by atoms with E-state index in [-0.39, 0.29) is 11.1 Å². The van der Waals surface area contributed by atoms with Gasteiger partial charge in [-0.2, -0.15) is 5.26 Å². The average molecular weight is 225 g/mol. The third kappa shape index (κ3) is 2.16. The maximum Gasteiger partial charge on any atom is 0.338 e. The van der Waals surface area contributed by atoms with Gasteiger partial charge in [0.05, 0.1) is 24.3 Å². The Hall–Kier alpha value is -1.96. The van der Waals surface area contributed by atoms with Gasteiger partial charge in [-0.25, -0.2) is 13.6 Å². The van der Waals surface area contributed by atoms with E-state index in [9.17, 15) is 13.6 Å². The van der Waals surface area contributed by atoms with Gasteiger partial charge < -0.3 is 4.74 Å². The quantitative estimate of drug-likeness (QED) is 0.727. The van der Waals surface area contributed by atoms with Gasteiger partial charge in [0.2, 0.25) is 0 Å². The Morgan fingerprint density at radius 2 is 2.12 bits per heavy atom. The van der Waals surface area contributed by atoms with Crippen molar-refractivity contribution in [1.82, 2.24) is 0 Å². The van der Waals surface area contributed by atoms with Crippen LogP contribution in [-0.2, 0) is 4.74 Å². The Morgan fingerprint density at radius 1 is 1.50 bits per heavy atom. The average Bonchev–Trinajstić information content (AvgIpc) is 2.27. The molecule has 0 radical (unpaired) electrons. The van der Waals surface area contributed by atoms with Crippen molar-refractivity contribution in [2.45, 2.75) is 13.3 Å². The van der Waals surface area contributed by atoms with E-state index in [4.69, 9.17) is 5.26 Å². The van der Waals surface area contributed by atoms with Gasteiger partial charge in [-0.05, 0) is 24.6 Å². The molecule has 0 aliphatic carbocycles. The summed E-state index contributed by atoms with van der Waals surface area (Å²) in [6, 6.07) is 3.93. The number of nitriles is 1. The van der Waals surface area contributed by atoms with Crippen LogP contribution in [0.1, 0.15) is 33.5 Å². The first-order valence-electron chi connectivity index (χ1n) is 4.42. The minimum atomic E-state index is -2.79. The summed E-state index contributed by atoms with van der Waals surface area (Å²) in [5.74, 6) is -0.691. The molecule has 0 fully saturated rings.